The van der Waals surface area contributed by atoms with E-state index >= 15 is 0 Å². The lowest BCUT2D eigenvalue weighted by Gasteiger charge is -2.17. The van der Waals surface area contributed by atoms with E-state index < -0.39 is 18.5 Å². The zero-order valence-corrected chi connectivity index (χ0v) is 16.2. The number of anilines is 2. The minimum atomic E-state index is -0.661. The van der Waals surface area contributed by atoms with Crippen molar-refractivity contribution >= 4 is 29.2 Å². The summed E-state index contributed by atoms with van der Waals surface area (Å²) in [5.41, 5.74) is 2.64. The van der Waals surface area contributed by atoms with Gasteiger partial charge in [-0.3, -0.25) is 14.4 Å². The number of amides is 2. The Morgan fingerprint density at radius 2 is 1.59 bits per heavy atom. The van der Waals surface area contributed by atoms with E-state index in [1.807, 2.05) is 54.6 Å². The van der Waals surface area contributed by atoms with Gasteiger partial charge in [0.2, 0.25) is 5.91 Å². The maximum atomic E-state index is 12.0. The molecule has 0 unspecified atom stereocenters. The SMILES string of the molecule is O=C(Cc1ccccc1)NCC(=O)OCC(=O)Nc1ccc(N2CCCC2)cc1. The molecule has 1 heterocycles. The summed E-state index contributed by atoms with van der Waals surface area (Å²) >= 11 is 0. The van der Waals surface area contributed by atoms with Crippen LogP contribution in [0, 0.1) is 0 Å². The predicted octanol–water partition coefficient (Wildman–Crippen LogP) is 2.13. The lowest BCUT2D eigenvalue weighted by atomic mass is 10.1. The van der Waals surface area contributed by atoms with Crippen LogP contribution >= 0.6 is 0 Å². The average Bonchev–Trinajstić information content (AvgIpc) is 3.27. The number of hydrogen-bond acceptors (Lipinski definition) is 5. The summed E-state index contributed by atoms with van der Waals surface area (Å²) in [5.74, 6) is -1.37. The van der Waals surface area contributed by atoms with Crippen molar-refractivity contribution in [3.8, 4) is 0 Å². The van der Waals surface area contributed by atoms with Crippen molar-refractivity contribution in [2.45, 2.75) is 19.3 Å². The van der Waals surface area contributed by atoms with Crippen LogP contribution in [0.15, 0.2) is 54.6 Å². The number of esters is 1. The lowest BCUT2D eigenvalue weighted by molar-refractivity contribution is -0.147. The Bertz CT molecular complexity index is 831. The van der Waals surface area contributed by atoms with Gasteiger partial charge in [0.25, 0.3) is 5.91 Å². The summed E-state index contributed by atoms with van der Waals surface area (Å²) in [6.45, 7) is 1.44. The molecule has 0 radical (unpaired) electrons. The molecule has 1 aliphatic heterocycles. The van der Waals surface area contributed by atoms with Gasteiger partial charge in [-0.2, -0.15) is 0 Å². The Kier molecular flexibility index (Phi) is 7.22. The van der Waals surface area contributed by atoms with Crippen molar-refractivity contribution in [3.63, 3.8) is 0 Å². The molecule has 0 bridgehead atoms. The highest BCUT2D eigenvalue weighted by Gasteiger charge is 2.13. The highest BCUT2D eigenvalue weighted by Crippen LogP contribution is 2.21. The first-order valence-electron chi connectivity index (χ1n) is 9.71. The molecule has 152 valence electrons. The third-order valence-electron chi connectivity index (χ3n) is 4.62. The van der Waals surface area contributed by atoms with E-state index in [0.717, 1.165) is 24.3 Å². The highest BCUT2D eigenvalue weighted by atomic mass is 16.5. The second-order valence-corrected chi connectivity index (χ2v) is 6.89. The van der Waals surface area contributed by atoms with Gasteiger partial charge < -0.3 is 20.3 Å². The summed E-state index contributed by atoms with van der Waals surface area (Å²) in [4.78, 5) is 37.8. The summed E-state index contributed by atoms with van der Waals surface area (Å²) < 4.78 is 4.91. The molecule has 2 aromatic rings. The molecule has 2 aromatic carbocycles. The summed E-state index contributed by atoms with van der Waals surface area (Å²) in [6, 6.07) is 16.8. The van der Waals surface area contributed by atoms with Gasteiger partial charge in [0.1, 0.15) is 6.54 Å². The molecule has 1 fully saturated rings. The van der Waals surface area contributed by atoms with Gasteiger partial charge in [-0.05, 0) is 42.7 Å². The second kappa shape index (κ2) is 10.3. The van der Waals surface area contributed by atoms with Crippen molar-refractivity contribution in [3.05, 3.63) is 60.2 Å². The van der Waals surface area contributed by atoms with Crippen LogP contribution in [0.1, 0.15) is 18.4 Å². The average molecular weight is 395 g/mol. The van der Waals surface area contributed by atoms with E-state index in [-0.39, 0.29) is 18.9 Å². The standard InChI is InChI=1S/C22H25N3O4/c26-20(14-17-6-2-1-3-7-17)23-15-22(28)29-16-21(27)24-18-8-10-19(11-9-18)25-12-4-5-13-25/h1-3,6-11H,4-5,12-16H2,(H,23,26)(H,24,27). The Morgan fingerprint density at radius 1 is 0.897 bits per heavy atom. The first-order valence-corrected chi connectivity index (χ1v) is 9.71. The fraction of sp³-hybridized carbons (Fsp3) is 0.318. The summed E-state index contributed by atoms with van der Waals surface area (Å²) in [6.07, 6.45) is 2.59. The van der Waals surface area contributed by atoms with Crippen molar-refractivity contribution < 1.29 is 19.1 Å². The van der Waals surface area contributed by atoms with E-state index in [1.165, 1.54) is 12.8 Å². The van der Waals surface area contributed by atoms with Crippen LogP contribution in [-0.2, 0) is 25.5 Å². The zero-order valence-electron chi connectivity index (χ0n) is 16.2. The van der Waals surface area contributed by atoms with Gasteiger partial charge in [0.05, 0.1) is 6.42 Å². The normalized spacial score (nSPS) is 13.0. The molecule has 29 heavy (non-hydrogen) atoms. The van der Waals surface area contributed by atoms with Crippen LogP contribution in [0.5, 0.6) is 0 Å². The van der Waals surface area contributed by atoms with Crippen LogP contribution in [0.25, 0.3) is 0 Å². The van der Waals surface area contributed by atoms with E-state index in [2.05, 4.69) is 15.5 Å². The molecule has 0 aromatic heterocycles. The van der Waals surface area contributed by atoms with Gasteiger partial charge in [-0.1, -0.05) is 30.3 Å². The third kappa shape index (κ3) is 6.64. The van der Waals surface area contributed by atoms with Gasteiger partial charge >= 0.3 is 5.97 Å². The first-order chi connectivity index (χ1) is 14.1. The molecular formula is C22H25N3O4. The van der Waals surface area contributed by atoms with Gasteiger partial charge in [0.15, 0.2) is 6.61 Å². The van der Waals surface area contributed by atoms with Crippen molar-refractivity contribution in [1.29, 1.82) is 0 Å². The maximum Gasteiger partial charge on any atom is 0.325 e. The number of benzene rings is 2. The number of ether oxygens (including phenoxy) is 1. The van der Waals surface area contributed by atoms with Gasteiger partial charge in [-0.25, -0.2) is 0 Å². The zero-order chi connectivity index (χ0) is 20.5. The van der Waals surface area contributed by atoms with Gasteiger partial charge in [0, 0.05) is 24.5 Å². The Hall–Kier alpha value is -3.35. The quantitative estimate of drug-likeness (QED) is 0.669. The molecule has 0 atom stereocenters. The maximum absolute atomic E-state index is 12.0. The Balaban J connectivity index is 1.34. The minimum Gasteiger partial charge on any atom is -0.454 e. The topological polar surface area (TPSA) is 87.7 Å². The molecule has 2 N–H and O–H groups in total. The van der Waals surface area contributed by atoms with Crippen molar-refractivity contribution in [2.75, 3.05) is 36.5 Å². The molecule has 0 saturated carbocycles. The molecule has 3 rings (SSSR count). The van der Waals surface area contributed by atoms with Crippen molar-refractivity contribution in [2.24, 2.45) is 0 Å². The fourth-order valence-electron chi connectivity index (χ4n) is 3.14. The first kappa shape index (κ1) is 20.4. The number of rotatable bonds is 8. The predicted molar refractivity (Wildman–Crippen MR) is 111 cm³/mol. The molecule has 7 nitrogen and oxygen atoms in total. The highest BCUT2D eigenvalue weighted by molar-refractivity contribution is 5.93. The number of carbonyl (C=O) groups is 3. The van der Waals surface area contributed by atoms with E-state index in [9.17, 15) is 14.4 Å². The molecular weight excluding hydrogens is 370 g/mol. The van der Waals surface area contributed by atoms with Crippen LogP contribution < -0.4 is 15.5 Å². The van der Waals surface area contributed by atoms with E-state index in [4.69, 9.17) is 4.74 Å². The fourth-order valence-corrected chi connectivity index (χ4v) is 3.14. The molecule has 0 aliphatic carbocycles. The largest absolute Gasteiger partial charge is 0.454 e. The summed E-state index contributed by atoms with van der Waals surface area (Å²) in [7, 11) is 0. The van der Waals surface area contributed by atoms with Crippen LogP contribution in [-0.4, -0.2) is 44.0 Å². The smallest absolute Gasteiger partial charge is 0.325 e. The molecule has 2 amide bonds. The Morgan fingerprint density at radius 3 is 2.28 bits per heavy atom. The molecule has 7 heteroatoms. The van der Waals surface area contributed by atoms with Crippen LogP contribution in [0.2, 0.25) is 0 Å². The van der Waals surface area contributed by atoms with Gasteiger partial charge in [-0.15, -0.1) is 0 Å². The Labute approximate surface area is 170 Å². The molecule has 1 aliphatic rings. The molecule has 0 spiro atoms. The van der Waals surface area contributed by atoms with Crippen LogP contribution in [0.3, 0.4) is 0 Å². The summed E-state index contributed by atoms with van der Waals surface area (Å²) in [5, 5.41) is 5.18. The minimum absolute atomic E-state index is 0.183. The number of nitrogens with one attached hydrogen (secondary N) is 2. The van der Waals surface area contributed by atoms with Crippen LogP contribution in [0.4, 0.5) is 11.4 Å². The third-order valence-corrected chi connectivity index (χ3v) is 4.62. The number of carbonyl (C=O) groups excluding carboxylic acids is 3. The molecule has 1 saturated heterocycles. The monoisotopic (exact) mass is 395 g/mol. The number of nitrogens with zero attached hydrogens (tertiary/aromatic N) is 1. The second-order valence-electron chi connectivity index (χ2n) is 6.89. The van der Waals surface area contributed by atoms with E-state index in [1.54, 1.807) is 0 Å². The number of hydrogen-bond donors (Lipinski definition) is 2. The van der Waals surface area contributed by atoms with E-state index in [0.29, 0.717) is 5.69 Å². The lowest BCUT2D eigenvalue weighted by Crippen LogP contribution is -2.33. The van der Waals surface area contributed by atoms with Crippen molar-refractivity contribution in [1.82, 2.24) is 5.32 Å².